The van der Waals surface area contributed by atoms with E-state index in [0.29, 0.717) is 27.5 Å². The number of phenols is 2. The van der Waals surface area contributed by atoms with E-state index in [1.54, 1.807) is 49.6 Å². The van der Waals surface area contributed by atoms with Gasteiger partial charge in [0.2, 0.25) is 0 Å². The van der Waals surface area contributed by atoms with Gasteiger partial charge < -0.3 is 34.9 Å². The van der Waals surface area contributed by atoms with Crippen LogP contribution in [-0.2, 0) is 38.5 Å². The summed E-state index contributed by atoms with van der Waals surface area (Å²) in [6, 6.07) is 35.5. The van der Waals surface area contributed by atoms with Gasteiger partial charge in [-0.15, -0.1) is 20.5 Å². The van der Waals surface area contributed by atoms with Crippen molar-refractivity contribution in [3.05, 3.63) is 133 Å². The van der Waals surface area contributed by atoms with Crippen molar-refractivity contribution in [2.75, 3.05) is 25.3 Å². The van der Waals surface area contributed by atoms with Crippen LogP contribution in [0.4, 0.5) is 45.5 Å². The first-order valence-corrected chi connectivity index (χ1v) is 21.6. The molecule has 20 heteroatoms. The number of azo groups is 2. The van der Waals surface area contributed by atoms with E-state index in [4.69, 9.17) is 19.8 Å². The zero-order chi connectivity index (χ0) is 46.4. The molecule has 0 heterocycles. The number of rotatable bonds is 12. The van der Waals surface area contributed by atoms with Gasteiger partial charge in [-0.2, -0.15) is 12.6 Å². The van der Waals surface area contributed by atoms with Crippen molar-refractivity contribution in [3.8, 4) is 28.7 Å². The van der Waals surface area contributed by atoms with Gasteiger partial charge in [0, 0.05) is 67.8 Å². The van der Waals surface area contributed by atoms with Gasteiger partial charge in [-0.25, -0.2) is 0 Å². The number of ether oxygens (including phenoxy) is 2. The van der Waals surface area contributed by atoms with E-state index >= 15 is 0 Å². The number of para-hydroxylation sites is 2. The molecule has 0 bridgehead atoms. The average Bonchev–Trinajstić information content (AvgIpc) is 3.29. The molecular weight excluding hydrogens is 938 g/mol. The van der Waals surface area contributed by atoms with Gasteiger partial charge in [0.05, 0.1) is 24.8 Å². The van der Waals surface area contributed by atoms with Crippen LogP contribution in [0.5, 0.6) is 28.7 Å². The van der Waals surface area contributed by atoms with Gasteiger partial charge in [-0.05, 0) is 109 Å². The van der Waals surface area contributed by atoms with Crippen LogP contribution in [0.3, 0.4) is 0 Å². The van der Waals surface area contributed by atoms with E-state index in [1.165, 1.54) is 43.5 Å². The summed E-state index contributed by atoms with van der Waals surface area (Å²) in [5.41, 5.74) is 10.3. The number of methoxy groups -OCH3 is 2. The molecule has 8 rings (SSSR count). The Morgan fingerprint density at radius 3 is 1.95 bits per heavy atom. The number of benzene rings is 8. The van der Waals surface area contributed by atoms with Crippen LogP contribution in [0.15, 0.2) is 158 Å². The predicted octanol–water partition coefficient (Wildman–Crippen LogP) is 11.8. The molecule has 8 aromatic carbocycles. The maximum atomic E-state index is 11.7. The first-order valence-electron chi connectivity index (χ1n) is 19.2. The minimum Gasteiger partial charge on any atom is -0.506 e. The Labute approximate surface area is 391 Å². The Morgan fingerprint density at radius 1 is 0.652 bits per heavy atom. The topological polar surface area (TPSA) is 260 Å². The van der Waals surface area contributed by atoms with Crippen molar-refractivity contribution in [1.82, 2.24) is 0 Å². The smallest absolute Gasteiger partial charge is 0.357 e. The Balaban J connectivity index is 0.000000483. The summed E-state index contributed by atoms with van der Waals surface area (Å²) in [7, 11) is -1.41. The average molecular weight is 978 g/mol. The van der Waals surface area contributed by atoms with Gasteiger partial charge >= 0.3 is 11.4 Å². The first kappa shape index (κ1) is 48.0. The number of anilines is 3. The Hall–Kier alpha value is -7.45. The zero-order valence-electron chi connectivity index (χ0n) is 35.0. The van der Waals surface area contributed by atoms with Gasteiger partial charge in [-0.1, -0.05) is 36.4 Å². The molecule has 8 aromatic rings. The minimum absolute atomic E-state index is 0. The van der Waals surface area contributed by atoms with E-state index in [2.05, 4.69) is 47.7 Å². The summed E-state index contributed by atoms with van der Waals surface area (Å²) >= 11 is -2.32. The van der Waals surface area contributed by atoms with Crippen LogP contribution in [-0.4, -0.2) is 52.9 Å². The molecule has 17 nitrogen and oxygen atoms in total. The third-order valence-corrected chi connectivity index (χ3v) is 11.1. The molecule has 66 heavy (non-hydrogen) atoms. The molecule has 7 N–H and O–H groups in total. The third-order valence-electron chi connectivity index (χ3n) is 9.93. The summed E-state index contributed by atoms with van der Waals surface area (Å²) < 4.78 is 67.3. The van der Waals surface area contributed by atoms with E-state index in [1.807, 2.05) is 49.4 Å². The SMILES string of the molecule is C=Nc1ccccc1OS(=O)O.COc1cc(N=Nc2ccc3cc(Nc4ccc5c(OC)c(C)ccc5c4)ccc3c2O)c(O)cc1N=Nc1ccc(N)c2ccc(S(=O)(=O)O)cc12.[Cu]. The van der Waals surface area contributed by atoms with Crippen molar-refractivity contribution < 1.29 is 62.7 Å². The molecule has 341 valence electrons. The fourth-order valence-corrected chi connectivity index (χ4v) is 7.59. The van der Waals surface area contributed by atoms with E-state index in [9.17, 15) is 27.4 Å². The summed E-state index contributed by atoms with van der Waals surface area (Å²) in [5, 5.41) is 46.4. The van der Waals surface area contributed by atoms with Crippen LogP contribution in [0.1, 0.15) is 5.56 Å². The first-order chi connectivity index (χ1) is 31.2. The summed E-state index contributed by atoms with van der Waals surface area (Å²) in [6.07, 6.45) is 0. The van der Waals surface area contributed by atoms with Gasteiger partial charge in [0.15, 0.2) is 11.5 Å². The van der Waals surface area contributed by atoms with Crippen molar-refractivity contribution in [2.24, 2.45) is 25.4 Å². The van der Waals surface area contributed by atoms with Gasteiger partial charge in [-0.3, -0.25) is 14.1 Å². The van der Waals surface area contributed by atoms with Crippen LogP contribution in [0.25, 0.3) is 32.3 Å². The molecule has 0 saturated heterocycles. The molecule has 0 saturated carbocycles. The van der Waals surface area contributed by atoms with Crippen LogP contribution in [0, 0.1) is 6.92 Å². The van der Waals surface area contributed by atoms with Gasteiger partial charge in [0.1, 0.15) is 40.0 Å². The Bertz CT molecular complexity index is 3350. The van der Waals surface area contributed by atoms with Crippen molar-refractivity contribution >= 4 is 106 Å². The predicted molar refractivity (Wildman–Crippen MR) is 252 cm³/mol. The molecule has 0 aromatic heterocycles. The number of hydrogen-bond donors (Lipinski definition) is 6. The molecule has 0 spiro atoms. The molecule has 0 amide bonds. The third kappa shape index (κ3) is 10.7. The quantitative estimate of drug-likeness (QED) is 0.0167. The molecule has 0 aliphatic heterocycles. The minimum atomic E-state index is -4.48. The van der Waals surface area contributed by atoms with Crippen LogP contribution >= 0.6 is 0 Å². The Morgan fingerprint density at radius 2 is 1.27 bits per heavy atom. The standard InChI is InChI=1S/C39H32N6O7S.C7H7NO3S.Cu/c1-21-4-5-23-17-25(8-11-28(23)39(21)52-3)41-24-7-10-27-22(16-24)6-14-33(38(27)47)43-44-34-20-37(51-2)35(19-36(34)46)45-42-32-15-13-31(40)29-12-9-26(18-30(29)32)53(48,49)50;1-8-6-4-2-3-5-7(6)11-12(9)10;/h4-20,41,46-47H,40H2,1-3H3,(H,48,49,50);2-5H,1H2,(H,9,10);. The maximum Gasteiger partial charge on any atom is 0.357 e. The van der Waals surface area contributed by atoms with E-state index in [0.717, 1.165) is 38.8 Å². The second-order valence-electron chi connectivity index (χ2n) is 14.0. The van der Waals surface area contributed by atoms with Gasteiger partial charge in [0.25, 0.3) is 10.1 Å². The summed E-state index contributed by atoms with van der Waals surface area (Å²) in [4.78, 5) is 3.27. The number of nitrogens with zero attached hydrogens (tertiary/aromatic N) is 5. The monoisotopic (exact) mass is 976 g/mol. The number of nitrogens with one attached hydrogen (secondary N) is 1. The summed E-state index contributed by atoms with van der Waals surface area (Å²) in [5.74, 6) is 0.910. The van der Waals surface area contributed by atoms with E-state index in [-0.39, 0.29) is 67.7 Å². The largest absolute Gasteiger partial charge is 0.506 e. The number of fused-ring (bicyclic) bond motifs is 3. The normalized spacial score (nSPS) is 11.8. The number of aromatic hydroxyl groups is 2. The number of aliphatic imine (C=N–C) groups is 1. The number of phenolic OH excluding ortho intramolecular Hbond substituents is 2. The van der Waals surface area contributed by atoms with Crippen molar-refractivity contribution in [2.45, 2.75) is 11.8 Å². The van der Waals surface area contributed by atoms with Crippen molar-refractivity contribution in [3.63, 3.8) is 0 Å². The maximum absolute atomic E-state index is 11.7. The fourth-order valence-electron chi connectivity index (χ4n) is 6.79. The molecular formula is C46H39CuN7O10S2. The number of nitrogen functional groups attached to an aromatic ring is 1. The number of nitrogens with two attached hydrogens (primary N) is 1. The zero-order valence-corrected chi connectivity index (χ0v) is 37.6. The van der Waals surface area contributed by atoms with Crippen LogP contribution in [0.2, 0.25) is 0 Å². The second-order valence-corrected chi connectivity index (χ2v) is 16.1. The molecule has 1 unspecified atom stereocenters. The number of hydrogen-bond acceptors (Lipinski definition) is 15. The molecule has 0 aliphatic carbocycles. The molecule has 0 aliphatic rings. The second kappa shape index (κ2) is 20.6. The van der Waals surface area contributed by atoms with E-state index < -0.39 is 21.5 Å². The molecule has 1 radical (unpaired) electrons. The number of aryl methyl sites for hydroxylation is 1. The van der Waals surface area contributed by atoms with Crippen molar-refractivity contribution in [1.29, 1.82) is 0 Å². The molecule has 1 atom stereocenters. The van der Waals surface area contributed by atoms with Crippen LogP contribution < -0.4 is 24.7 Å². The fraction of sp³-hybridized carbons (Fsp3) is 0.0652. The molecule has 0 fully saturated rings. The Kier molecular flexibility index (Phi) is 15.0. The summed E-state index contributed by atoms with van der Waals surface area (Å²) in [6.45, 7) is 5.30.